The van der Waals surface area contributed by atoms with Crippen LogP contribution in [0.5, 0.6) is 11.5 Å². The van der Waals surface area contributed by atoms with E-state index in [2.05, 4.69) is 0 Å². The second kappa shape index (κ2) is 4.59. The Kier molecular flexibility index (Phi) is 3.24. The Hall–Kier alpha value is -2.01. The highest BCUT2D eigenvalue weighted by Gasteiger charge is 2.23. The molecule has 0 aromatic heterocycles. The normalized spacial score (nSPS) is 11.5. The number of rotatable bonds is 2. The minimum Gasteiger partial charge on any atom is -0.508 e. The van der Waals surface area contributed by atoms with Gasteiger partial charge < -0.3 is 10.2 Å². The number of hydrogen-bond acceptors (Lipinski definition) is 4. The monoisotopic (exact) mass is 278 g/mol. The van der Waals surface area contributed by atoms with Crippen LogP contribution in [-0.2, 0) is 9.84 Å². The van der Waals surface area contributed by atoms with Crippen molar-refractivity contribution in [3.05, 3.63) is 47.5 Å². The Morgan fingerprint density at radius 3 is 2.26 bits per heavy atom. The zero-order valence-electron chi connectivity index (χ0n) is 10.6. The molecular formula is C14H14O4S. The molecule has 0 saturated carbocycles. The molecule has 0 heterocycles. The van der Waals surface area contributed by atoms with Gasteiger partial charge in [-0.15, -0.1) is 0 Å². The zero-order valence-corrected chi connectivity index (χ0v) is 11.4. The van der Waals surface area contributed by atoms with E-state index in [9.17, 15) is 18.6 Å². The van der Waals surface area contributed by atoms with E-state index in [-0.39, 0.29) is 21.3 Å². The molecule has 5 heteroatoms. The minimum absolute atomic E-state index is 0.00611. The summed E-state index contributed by atoms with van der Waals surface area (Å²) in [5.41, 5.74) is 1.24. The van der Waals surface area contributed by atoms with Crippen molar-refractivity contribution in [1.82, 2.24) is 0 Å². The maximum atomic E-state index is 12.5. The Morgan fingerprint density at radius 1 is 0.895 bits per heavy atom. The molecule has 2 aromatic rings. The van der Waals surface area contributed by atoms with Gasteiger partial charge in [0.25, 0.3) is 0 Å². The highest BCUT2D eigenvalue weighted by atomic mass is 32.2. The molecule has 0 unspecified atom stereocenters. The zero-order chi connectivity index (χ0) is 14.2. The van der Waals surface area contributed by atoms with Gasteiger partial charge in [0.05, 0.1) is 4.90 Å². The maximum Gasteiger partial charge on any atom is 0.210 e. The van der Waals surface area contributed by atoms with Gasteiger partial charge >= 0.3 is 0 Å². The van der Waals surface area contributed by atoms with Gasteiger partial charge in [-0.25, -0.2) is 8.42 Å². The number of phenolic OH excluding ortho intramolecular Hbond substituents is 2. The lowest BCUT2D eigenvalue weighted by atomic mass is 10.2. The summed E-state index contributed by atoms with van der Waals surface area (Å²) in [7, 11) is -3.86. The molecule has 19 heavy (non-hydrogen) atoms. The standard InChI is InChI=1S/C14H14O4S/c1-9-3-6-12(16)14(7-9)19(17,18)13-8-11(15)5-4-10(13)2/h3-8,15-16H,1-2H3. The van der Waals surface area contributed by atoms with Gasteiger partial charge in [0.1, 0.15) is 16.4 Å². The molecule has 0 bridgehead atoms. The maximum absolute atomic E-state index is 12.5. The summed E-state index contributed by atoms with van der Waals surface area (Å²) in [6, 6.07) is 8.52. The lowest BCUT2D eigenvalue weighted by Crippen LogP contribution is -2.04. The fourth-order valence-corrected chi connectivity index (χ4v) is 3.52. The number of benzene rings is 2. The highest BCUT2D eigenvalue weighted by molar-refractivity contribution is 7.91. The van der Waals surface area contributed by atoms with Crippen molar-refractivity contribution in [1.29, 1.82) is 0 Å². The SMILES string of the molecule is Cc1ccc(O)c(S(=O)(=O)c2cc(O)ccc2C)c1. The summed E-state index contributed by atoms with van der Waals surface area (Å²) in [5.74, 6) is -0.426. The molecule has 0 atom stereocenters. The van der Waals surface area contributed by atoms with Crippen LogP contribution in [0.1, 0.15) is 11.1 Å². The van der Waals surface area contributed by atoms with Crippen molar-refractivity contribution in [3.8, 4) is 11.5 Å². The molecule has 0 aliphatic carbocycles. The lowest BCUT2D eigenvalue weighted by molar-refractivity contribution is 0.458. The van der Waals surface area contributed by atoms with Crippen LogP contribution in [0.3, 0.4) is 0 Å². The summed E-state index contributed by atoms with van der Waals surface area (Å²) in [6.45, 7) is 3.38. The summed E-state index contributed by atoms with van der Waals surface area (Å²) < 4.78 is 25.0. The van der Waals surface area contributed by atoms with E-state index in [0.717, 1.165) is 5.56 Å². The van der Waals surface area contributed by atoms with Crippen LogP contribution >= 0.6 is 0 Å². The first kappa shape index (κ1) is 13.4. The second-order valence-electron chi connectivity index (χ2n) is 4.42. The summed E-state index contributed by atoms with van der Waals surface area (Å²) in [6.07, 6.45) is 0. The number of phenols is 2. The molecule has 0 saturated heterocycles. The van der Waals surface area contributed by atoms with Crippen LogP contribution in [0.4, 0.5) is 0 Å². The van der Waals surface area contributed by atoms with Crippen molar-refractivity contribution in [2.24, 2.45) is 0 Å². The van der Waals surface area contributed by atoms with E-state index in [4.69, 9.17) is 0 Å². The first-order valence-electron chi connectivity index (χ1n) is 5.66. The fourth-order valence-electron chi connectivity index (χ4n) is 1.83. The van der Waals surface area contributed by atoms with Crippen molar-refractivity contribution in [2.45, 2.75) is 23.6 Å². The third-order valence-corrected chi connectivity index (χ3v) is 4.79. The van der Waals surface area contributed by atoms with E-state index < -0.39 is 9.84 Å². The van der Waals surface area contributed by atoms with Crippen molar-refractivity contribution < 1.29 is 18.6 Å². The van der Waals surface area contributed by atoms with Crippen LogP contribution in [0.2, 0.25) is 0 Å². The Bertz CT molecular complexity index is 676. The summed E-state index contributed by atoms with van der Waals surface area (Å²) in [4.78, 5) is -0.158. The van der Waals surface area contributed by atoms with Crippen molar-refractivity contribution in [3.63, 3.8) is 0 Å². The van der Waals surface area contributed by atoms with E-state index in [1.165, 1.54) is 30.3 Å². The third kappa shape index (κ3) is 2.42. The molecule has 0 aliphatic rings. The first-order valence-corrected chi connectivity index (χ1v) is 7.15. The van der Waals surface area contributed by atoms with Crippen molar-refractivity contribution >= 4 is 9.84 Å². The van der Waals surface area contributed by atoms with Crippen LogP contribution in [0.25, 0.3) is 0 Å². The van der Waals surface area contributed by atoms with Gasteiger partial charge in [0.15, 0.2) is 0 Å². The van der Waals surface area contributed by atoms with Gasteiger partial charge in [0, 0.05) is 0 Å². The van der Waals surface area contributed by atoms with Gasteiger partial charge in [-0.2, -0.15) is 0 Å². The van der Waals surface area contributed by atoms with Gasteiger partial charge in [-0.1, -0.05) is 12.1 Å². The molecule has 0 fully saturated rings. The van der Waals surface area contributed by atoms with Crippen LogP contribution in [-0.4, -0.2) is 18.6 Å². The Labute approximate surface area is 111 Å². The topological polar surface area (TPSA) is 74.6 Å². The summed E-state index contributed by atoms with van der Waals surface area (Å²) >= 11 is 0. The minimum atomic E-state index is -3.86. The number of hydrogen-bond donors (Lipinski definition) is 2. The van der Waals surface area contributed by atoms with Crippen LogP contribution in [0, 0.1) is 13.8 Å². The van der Waals surface area contributed by atoms with Crippen LogP contribution in [0.15, 0.2) is 46.2 Å². The largest absolute Gasteiger partial charge is 0.508 e. The number of sulfone groups is 1. The fraction of sp³-hybridized carbons (Fsp3) is 0.143. The molecule has 0 aliphatic heterocycles. The molecule has 2 aromatic carbocycles. The lowest BCUT2D eigenvalue weighted by Gasteiger charge is -2.10. The van der Waals surface area contributed by atoms with Gasteiger partial charge in [-0.05, 0) is 49.2 Å². The third-order valence-electron chi connectivity index (χ3n) is 2.87. The second-order valence-corrected chi connectivity index (χ2v) is 6.31. The summed E-state index contributed by atoms with van der Waals surface area (Å²) in [5, 5.41) is 19.2. The van der Waals surface area contributed by atoms with Gasteiger partial charge in [-0.3, -0.25) is 0 Å². The van der Waals surface area contributed by atoms with Crippen LogP contribution < -0.4 is 0 Å². The van der Waals surface area contributed by atoms with E-state index >= 15 is 0 Å². The van der Waals surface area contributed by atoms with E-state index in [0.29, 0.717) is 5.56 Å². The molecule has 0 spiro atoms. The molecule has 2 N–H and O–H groups in total. The quantitative estimate of drug-likeness (QED) is 0.885. The molecule has 2 rings (SSSR count). The Balaban J connectivity index is 2.72. The average molecular weight is 278 g/mol. The van der Waals surface area contributed by atoms with E-state index in [1.54, 1.807) is 19.9 Å². The Morgan fingerprint density at radius 2 is 1.58 bits per heavy atom. The first-order chi connectivity index (χ1) is 8.82. The number of aromatic hydroxyl groups is 2. The highest BCUT2D eigenvalue weighted by Crippen LogP contribution is 2.32. The van der Waals surface area contributed by atoms with Crippen molar-refractivity contribution in [2.75, 3.05) is 0 Å². The molecular weight excluding hydrogens is 264 g/mol. The molecule has 4 nitrogen and oxygen atoms in total. The molecule has 0 amide bonds. The predicted octanol–water partition coefficient (Wildman–Crippen LogP) is 2.55. The predicted molar refractivity (Wildman–Crippen MR) is 71.1 cm³/mol. The van der Waals surface area contributed by atoms with E-state index in [1.807, 2.05) is 0 Å². The smallest absolute Gasteiger partial charge is 0.210 e. The average Bonchev–Trinajstić information content (AvgIpc) is 2.35. The molecule has 100 valence electrons. The molecule has 0 radical (unpaired) electrons. The number of aryl methyl sites for hydroxylation is 2. The van der Waals surface area contributed by atoms with Gasteiger partial charge in [0.2, 0.25) is 9.84 Å².